The standard InChI is InChI=1S/C21H21BrFN3O2/c1-14(21-25-20(26-28-21)16-8-12-18(23)13-9-16)24-19(27)5-3-2-4-15-6-10-17(22)11-7-15/h6-14H,2-5H2,1H3,(H,24,27). The summed E-state index contributed by atoms with van der Waals surface area (Å²) < 4.78 is 19.3. The Morgan fingerprint density at radius 2 is 1.86 bits per heavy atom. The van der Waals surface area contributed by atoms with Crippen LogP contribution in [0.1, 0.15) is 43.7 Å². The zero-order valence-electron chi connectivity index (χ0n) is 15.5. The van der Waals surface area contributed by atoms with Crippen LogP contribution in [-0.2, 0) is 11.2 Å². The second-order valence-electron chi connectivity index (χ2n) is 6.59. The average molecular weight is 446 g/mol. The number of halogens is 2. The monoisotopic (exact) mass is 445 g/mol. The van der Waals surface area contributed by atoms with Gasteiger partial charge in [0, 0.05) is 16.5 Å². The Hall–Kier alpha value is -2.54. The second-order valence-corrected chi connectivity index (χ2v) is 7.50. The van der Waals surface area contributed by atoms with E-state index in [9.17, 15) is 9.18 Å². The first-order valence-corrected chi connectivity index (χ1v) is 9.94. The Morgan fingerprint density at radius 1 is 1.14 bits per heavy atom. The molecular formula is C21H21BrFN3O2. The van der Waals surface area contributed by atoms with Gasteiger partial charge in [0.15, 0.2) is 0 Å². The summed E-state index contributed by atoms with van der Waals surface area (Å²) in [6.07, 6.45) is 3.14. The predicted octanol–water partition coefficient (Wildman–Crippen LogP) is 5.23. The molecule has 1 atom stereocenters. The number of amides is 1. The molecule has 0 aliphatic carbocycles. The number of benzene rings is 2. The predicted molar refractivity (Wildman–Crippen MR) is 108 cm³/mol. The summed E-state index contributed by atoms with van der Waals surface area (Å²) in [6.45, 7) is 1.79. The molecule has 3 rings (SSSR count). The van der Waals surface area contributed by atoms with Gasteiger partial charge in [0.1, 0.15) is 11.9 Å². The van der Waals surface area contributed by atoms with Gasteiger partial charge in [-0.25, -0.2) is 4.39 Å². The lowest BCUT2D eigenvalue weighted by atomic mass is 10.1. The highest BCUT2D eigenvalue weighted by Crippen LogP contribution is 2.19. The fourth-order valence-electron chi connectivity index (χ4n) is 2.77. The van der Waals surface area contributed by atoms with Crippen molar-refractivity contribution in [1.82, 2.24) is 15.5 Å². The second kappa shape index (κ2) is 9.59. The van der Waals surface area contributed by atoms with E-state index < -0.39 is 0 Å². The van der Waals surface area contributed by atoms with E-state index in [2.05, 4.69) is 43.5 Å². The van der Waals surface area contributed by atoms with E-state index >= 15 is 0 Å². The van der Waals surface area contributed by atoms with E-state index in [0.717, 1.165) is 23.7 Å². The molecule has 0 fully saturated rings. The maximum atomic E-state index is 13.0. The zero-order valence-corrected chi connectivity index (χ0v) is 17.1. The molecule has 1 aromatic heterocycles. The van der Waals surface area contributed by atoms with E-state index in [1.807, 2.05) is 12.1 Å². The van der Waals surface area contributed by atoms with Crippen LogP contribution in [0.15, 0.2) is 57.5 Å². The third-order valence-corrected chi connectivity index (χ3v) is 4.85. The number of aromatic nitrogens is 2. The largest absolute Gasteiger partial charge is 0.345 e. The molecule has 0 saturated heterocycles. The van der Waals surface area contributed by atoms with Gasteiger partial charge in [0.25, 0.3) is 0 Å². The number of unbranched alkanes of at least 4 members (excludes halogenated alkanes) is 1. The third kappa shape index (κ3) is 5.73. The quantitative estimate of drug-likeness (QED) is 0.482. The van der Waals surface area contributed by atoms with Gasteiger partial charge in [-0.1, -0.05) is 33.2 Å². The number of carbonyl (C=O) groups is 1. The highest BCUT2D eigenvalue weighted by atomic mass is 79.9. The van der Waals surface area contributed by atoms with Crippen molar-refractivity contribution in [1.29, 1.82) is 0 Å². The maximum Gasteiger partial charge on any atom is 0.249 e. The maximum absolute atomic E-state index is 13.0. The Bertz CT molecular complexity index is 910. The molecule has 7 heteroatoms. The summed E-state index contributed by atoms with van der Waals surface area (Å²) in [5, 5.41) is 6.77. The van der Waals surface area contributed by atoms with Gasteiger partial charge < -0.3 is 9.84 Å². The fourth-order valence-corrected chi connectivity index (χ4v) is 3.03. The first kappa shape index (κ1) is 20.2. The van der Waals surface area contributed by atoms with Crippen LogP contribution in [0.4, 0.5) is 4.39 Å². The van der Waals surface area contributed by atoms with E-state index in [1.54, 1.807) is 19.1 Å². The van der Waals surface area contributed by atoms with Gasteiger partial charge in [-0.3, -0.25) is 4.79 Å². The molecule has 0 bridgehead atoms. The Balaban J connectivity index is 1.44. The number of rotatable bonds is 8. The van der Waals surface area contributed by atoms with Crippen LogP contribution < -0.4 is 5.32 Å². The van der Waals surface area contributed by atoms with Crippen molar-refractivity contribution in [3.05, 3.63) is 70.3 Å². The SMILES string of the molecule is CC(NC(=O)CCCCc1ccc(Br)cc1)c1nc(-c2ccc(F)cc2)no1. The molecule has 1 unspecified atom stereocenters. The van der Waals surface area contributed by atoms with Gasteiger partial charge in [-0.05, 0) is 68.1 Å². The molecule has 3 aromatic rings. The minimum atomic E-state index is -0.388. The van der Waals surface area contributed by atoms with Crippen LogP contribution in [0.5, 0.6) is 0 Å². The van der Waals surface area contributed by atoms with Crippen molar-refractivity contribution in [3.63, 3.8) is 0 Å². The smallest absolute Gasteiger partial charge is 0.249 e. The van der Waals surface area contributed by atoms with E-state index in [0.29, 0.717) is 23.7 Å². The molecule has 28 heavy (non-hydrogen) atoms. The summed E-state index contributed by atoms with van der Waals surface area (Å²) in [4.78, 5) is 16.4. The Kier molecular flexibility index (Phi) is 6.92. The van der Waals surface area contributed by atoms with Crippen LogP contribution in [0.2, 0.25) is 0 Å². The molecule has 0 aliphatic rings. The number of nitrogens with zero attached hydrogens (tertiary/aromatic N) is 2. The summed E-state index contributed by atoms with van der Waals surface area (Å²) >= 11 is 3.42. The summed E-state index contributed by atoms with van der Waals surface area (Å²) in [6, 6.07) is 13.7. The Morgan fingerprint density at radius 3 is 2.57 bits per heavy atom. The molecule has 1 heterocycles. The molecule has 0 radical (unpaired) electrons. The van der Waals surface area contributed by atoms with Gasteiger partial charge >= 0.3 is 0 Å². The van der Waals surface area contributed by atoms with Crippen LogP contribution in [0.25, 0.3) is 11.4 Å². The highest BCUT2D eigenvalue weighted by Gasteiger charge is 2.17. The minimum Gasteiger partial charge on any atom is -0.345 e. The lowest BCUT2D eigenvalue weighted by Gasteiger charge is -2.09. The molecule has 2 aromatic carbocycles. The van der Waals surface area contributed by atoms with Gasteiger partial charge in [-0.15, -0.1) is 0 Å². The fraction of sp³-hybridized carbons (Fsp3) is 0.286. The van der Waals surface area contributed by atoms with Gasteiger partial charge in [0.05, 0.1) is 0 Å². The minimum absolute atomic E-state index is 0.0511. The van der Waals surface area contributed by atoms with Crippen LogP contribution in [0, 0.1) is 5.82 Å². The first-order chi connectivity index (χ1) is 13.5. The molecule has 146 valence electrons. The van der Waals surface area contributed by atoms with Crippen molar-refractivity contribution in [2.75, 3.05) is 0 Å². The normalized spacial score (nSPS) is 12.0. The topological polar surface area (TPSA) is 68.0 Å². The summed E-state index contributed by atoms with van der Waals surface area (Å²) in [5.41, 5.74) is 1.92. The van der Waals surface area contributed by atoms with Crippen LogP contribution >= 0.6 is 15.9 Å². The van der Waals surface area contributed by atoms with Crippen molar-refractivity contribution in [2.24, 2.45) is 0 Å². The lowest BCUT2D eigenvalue weighted by Crippen LogP contribution is -2.26. The number of hydrogen-bond donors (Lipinski definition) is 1. The summed E-state index contributed by atoms with van der Waals surface area (Å²) in [5.74, 6) is 0.311. The van der Waals surface area contributed by atoms with E-state index in [1.165, 1.54) is 17.7 Å². The van der Waals surface area contributed by atoms with Crippen molar-refractivity contribution in [2.45, 2.75) is 38.6 Å². The first-order valence-electron chi connectivity index (χ1n) is 9.14. The van der Waals surface area contributed by atoms with Crippen molar-refractivity contribution in [3.8, 4) is 11.4 Å². The molecule has 1 amide bonds. The molecule has 0 spiro atoms. The lowest BCUT2D eigenvalue weighted by molar-refractivity contribution is -0.122. The third-order valence-electron chi connectivity index (χ3n) is 4.32. The molecule has 0 saturated carbocycles. The number of aryl methyl sites for hydroxylation is 1. The molecule has 0 aliphatic heterocycles. The molecule has 1 N–H and O–H groups in total. The van der Waals surface area contributed by atoms with Gasteiger partial charge in [0.2, 0.25) is 17.6 Å². The summed E-state index contributed by atoms with van der Waals surface area (Å²) in [7, 11) is 0. The van der Waals surface area contributed by atoms with E-state index in [4.69, 9.17) is 4.52 Å². The Labute approximate surface area is 171 Å². The van der Waals surface area contributed by atoms with Crippen molar-refractivity contribution < 1.29 is 13.7 Å². The van der Waals surface area contributed by atoms with Crippen LogP contribution in [-0.4, -0.2) is 16.0 Å². The number of nitrogens with one attached hydrogen (secondary N) is 1. The van der Waals surface area contributed by atoms with Crippen molar-refractivity contribution >= 4 is 21.8 Å². The number of hydrogen-bond acceptors (Lipinski definition) is 4. The van der Waals surface area contributed by atoms with E-state index in [-0.39, 0.29) is 17.8 Å². The highest BCUT2D eigenvalue weighted by molar-refractivity contribution is 9.10. The average Bonchev–Trinajstić information content (AvgIpc) is 3.17. The van der Waals surface area contributed by atoms with Crippen LogP contribution in [0.3, 0.4) is 0 Å². The molecular weight excluding hydrogens is 425 g/mol. The van der Waals surface area contributed by atoms with Gasteiger partial charge in [-0.2, -0.15) is 4.98 Å². The molecule has 5 nitrogen and oxygen atoms in total. The number of carbonyl (C=O) groups excluding carboxylic acids is 1. The zero-order chi connectivity index (χ0) is 19.9.